The first-order chi connectivity index (χ1) is 4.27. The normalized spacial score (nSPS) is 26.0. The van der Waals surface area contributed by atoms with Gasteiger partial charge < -0.3 is 4.74 Å². The number of alkyl halides is 1. The number of rotatable bonds is 1. The molecule has 1 nitrogen and oxygen atoms in total. The zero-order valence-electron chi connectivity index (χ0n) is 5.82. The van der Waals surface area contributed by atoms with Gasteiger partial charge in [0.1, 0.15) is 3.61 Å². The Bertz CT molecular complexity index is 86.9. The van der Waals surface area contributed by atoms with E-state index in [1.807, 2.05) is 7.11 Å². The van der Waals surface area contributed by atoms with Crippen molar-refractivity contribution in [3.8, 4) is 0 Å². The fraction of sp³-hybridized carbons (Fsp3) is 1.00. The van der Waals surface area contributed by atoms with Crippen molar-refractivity contribution in [1.82, 2.24) is 0 Å². The summed E-state index contributed by atoms with van der Waals surface area (Å²) >= 11 is 2.43. The van der Waals surface area contributed by atoms with Crippen LogP contribution in [0.4, 0.5) is 0 Å². The second kappa shape index (κ2) is 3.19. The van der Waals surface area contributed by atoms with E-state index >= 15 is 0 Å². The third-order valence-electron chi connectivity index (χ3n) is 1.97. The predicted octanol–water partition coefficient (Wildman–Crippen LogP) is 2.73. The molecular weight excluding hydrogens is 227 g/mol. The summed E-state index contributed by atoms with van der Waals surface area (Å²) in [5.74, 6) is 0. The summed E-state index contributed by atoms with van der Waals surface area (Å²) < 4.78 is 5.56. The van der Waals surface area contributed by atoms with Gasteiger partial charge in [0, 0.05) is 7.11 Å². The lowest BCUT2D eigenvalue weighted by molar-refractivity contribution is 0.0554. The summed E-state index contributed by atoms with van der Waals surface area (Å²) in [5.41, 5.74) is 0. The Labute approximate surface area is 70.3 Å². The van der Waals surface area contributed by atoms with Crippen LogP contribution in [0.5, 0.6) is 0 Å². The minimum Gasteiger partial charge on any atom is -0.368 e. The van der Waals surface area contributed by atoms with Gasteiger partial charge in [0.2, 0.25) is 0 Å². The van der Waals surface area contributed by atoms with E-state index in [1.54, 1.807) is 0 Å². The molecule has 9 heavy (non-hydrogen) atoms. The van der Waals surface area contributed by atoms with Gasteiger partial charge in [0.15, 0.2) is 0 Å². The van der Waals surface area contributed by atoms with Crippen LogP contribution in [-0.4, -0.2) is 10.7 Å². The highest BCUT2D eigenvalue weighted by Gasteiger charge is 2.27. The molecule has 1 rings (SSSR count). The average Bonchev–Trinajstić information content (AvgIpc) is 1.90. The first-order valence-electron chi connectivity index (χ1n) is 3.51. The summed E-state index contributed by atoms with van der Waals surface area (Å²) in [4.78, 5) is 0. The SMILES string of the molecule is COC1(I)CCCCC1. The van der Waals surface area contributed by atoms with E-state index in [4.69, 9.17) is 4.74 Å². The van der Waals surface area contributed by atoms with Crippen LogP contribution in [0.3, 0.4) is 0 Å². The van der Waals surface area contributed by atoms with Crippen molar-refractivity contribution in [3.05, 3.63) is 0 Å². The van der Waals surface area contributed by atoms with Gasteiger partial charge in [-0.2, -0.15) is 0 Å². The molecule has 1 saturated carbocycles. The zero-order chi connectivity index (χ0) is 6.74. The van der Waals surface area contributed by atoms with Crippen LogP contribution >= 0.6 is 22.6 Å². The van der Waals surface area contributed by atoms with Crippen molar-refractivity contribution in [2.45, 2.75) is 35.7 Å². The van der Waals surface area contributed by atoms with Gasteiger partial charge >= 0.3 is 0 Å². The monoisotopic (exact) mass is 240 g/mol. The molecule has 0 unspecified atom stereocenters. The second-order valence-corrected chi connectivity index (χ2v) is 4.61. The van der Waals surface area contributed by atoms with E-state index in [0.29, 0.717) is 0 Å². The van der Waals surface area contributed by atoms with E-state index in [9.17, 15) is 0 Å². The smallest absolute Gasteiger partial charge is 0.118 e. The molecule has 54 valence electrons. The fourth-order valence-electron chi connectivity index (χ4n) is 1.28. The molecular formula is C7H13IO. The molecule has 0 N–H and O–H groups in total. The van der Waals surface area contributed by atoms with Crippen LogP contribution in [0.25, 0.3) is 0 Å². The molecule has 0 aliphatic heterocycles. The average molecular weight is 240 g/mol. The van der Waals surface area contributed by atoms with Crippen molar-refractivity contribution in [2.75, 3.05) is 7.11 Å². The first kappa shape index (κ1) is 7.79. The van der Waals surface area contributed by atoms with Crippen molar-refractivity contribution >= 4 is 22.6 Å². The quantitative estimate of drug-likeness (QED) is 0.505. The van der Waals surface area contributed by atoms with E-state index < -0.39 is 0 Å². The van der Waals surface area contributed by atoms with Gasteiger partial charge in [-0.3, -0.25) is 0 Å². The molecule has 0 atom stereocenters. The highest BCUT2D eigenvalue weighted by molar-refractivity contribution is 14.1. The van der Waals surface area contributed by atoms with Crippen molar-refractivity contribution in [1.29, 1.82) is 0 Å². The minimum atomic E-state index is 0.190. The third kappa shape index (κ3) is 2.08. The van der Waals surface area contributed by atoms with E-state index in [0.717, 1.165) is 0 Å². The Balaban J connectivity index is 2.37. The Hall–Kier alpha value is 0.690. The molecule has 0 aromatic carbocycles. The molecule has 0 aromatic rings. The lowest BCUT2D eigenvalue weighted by Gasteiger charge is -2.29. The van der Waals surface area contributed by atoms with Gasteiger partial charge in [-0.15, -0.1) is 0 Å². The van der Waals surface area contributed by atoms with Crippen molar-refractivity contribution < 1.29 is 4.74 Å². The minimum absolute atomic E-state index is 0.190. The van der Waals surface area contributed by atoms with Crippen molar-refractivity contribution in [3.63, 3.8) is 0 Å². The van der Waals surface area contributed by atoms with E-state index in [1.165, 1.54) is 32.1 Å². The number of ether oxygens (including phenoxy) is 1. The highest BCUT2D eigenvalue weighted by Crippen LogP contribution is 2.36. The molecule has 0 radical (unpaired) electrons. The lowest BCUT2D eigenvalue weighted by atomic mass is 9.98. The lowest BCUT2D eigenvalue weighted by Crippen LogP contribution is -2.25. The van der Waals surface area contributed by atoms with Crippen LogP contribution in [-0.2, 0) is 4.74 Å². The molecule has 2 heteroatoms. The molecule has 0 saturated heterocycles. The number of hydrogen-bond donors (Lipinski definition) is 0. The Kier molecular flexibility index (Phi) is 2.76. The maximum absolute atomic E-state index is 5.37. The van der Waals surface area contributed by atoms with Crippen LogP contribution in [0.2, 0.25) is 0 Å². The standard InChI is InChI=1S/C7H13IO/c1-9-7(8)5-3-2-4-6-7/h2-6H2,1H3. The molecule has 1 fully saturated rings. The van der Waals surface area contributed by atoms with E-state index in [2.05, 4.69) is 22.6 Å². The Morgan fingerprint density at radius 2 is 1.78 bits per heavy atom. The van der Waals surface area contributed by atoms with Gasteiger partial charge in [-0.25, -0.2) is 0 Å². The number of hydrogen-bond acceptors (Lipinski definition) is 1. The molecule has 0 spiro atoms. The largest absolute Gasteiger partial charge is 0.368 e. The molecule has 1 aliphatic carbocycles. The summed E-state index contributed by atoms with van der Waals surface area (Å²) in [6.07, 6.45) is 6.57. The fourth-order valence-corrected chi connectivity index (χ4v) is 2.05. The predicted molar refractivity (Wildman–Crippen MR) is 46.8 cm³/mol. The maximum atomic E-state index is 5.37. The highest BCUT2D eigenvalue weighted by atomic mass is 127. The van der Waals surface area contributed by atoms with E-state index in [-0.39, 0.29) is 3.61 Å². The van der Waals surface area contributed by atoms with Crippen LogP contribution < -0.4 is 0 Å². The Morgan fingerprint density at radius 3 is 2.11 bits per heavy atom. The van der Waals surface area contributed by atoms with Gasteiger partial charge in [-0.05, 0) is 48.3 Å². The molecule has 0 heterocycles. The van der Waals surface area contributed by atoms with Crippen LogP contribution in [0, 0.1) is 0 Å². The van der Waals surface area contributed by atoms with Gasteiger partial charge in [-0.1, -0.05) is 6.42 Å². The van der Waals surface area contributed by atoms with Gasteiger partial charge in [0.05, 0.1) is 0 Å². The molecule has 1 aliphatic rings. The summed E-state index contributed by atoms with van der Waals surface area (Å²) in [6.45, 7) is 0. The van der Waals surface area contributed by atoms with Gasteiger partial charge in [0.25, 0.3) is 0 Å². The maximum Gasteiger partial charge on any atom is 0.118 e. The Morgan fingerprint density at radius 1 is 1.22 bits per heavy atom. The molecule has 0 aromatic heterocycles. The summed E-state index contributed by atoms with van der Waals surface area (Å²) in [7, 11) is 1.82. The first-order valence-corrected chi connectivity index (χ1v) is 4.59. The third-order valence-corrected chi connectivity index (χ3v) is 3.49. The second-order valence-electron chi connectivity index (χ2n) is 2.65. The van der Waals surface area contributed by atoms with Crippen molar-refractivity contribution in [2.24, 2.45) is 0 Å². The van der Waals surface area contributed by atoms with Crippen LogP contribution in [0.15, 0.2) is 0 Å². The number of halogens is 1. The summed E-state index contributed by atoms with van der Waals surface area (Å²) in [5, 5.41) is 0. The molecule has 0 bridgehead atoms. The zero-order valence-corrected chi connectivity index (χ0v) is 7.98. The topological polar surface area (TPSA) is 9.23 Å². The van der Waals surface area contributed by atoms with Crippen LogP contribution in [0.1, 0.15) is 32.1 Å². The summed E-state index contributed by atoms with van der Waals surface area (Å²) in [6, 6.07) is 0. The molecule has 0 amide bonds. The number of methoxy groups -OCH3 is 1.